The lowest BCUT2D eigenvalue weighted by atomic mass is 10.1. The molecular weight excluding hydrogens is 390 g/mol. The quantitative estimate of drug-likeness (QED) is 0.481. The summed E-state index contributed by atoms with van der Waals surface area (Å²) < 4.78 is 34.1. The molecule has 0 amide bonds. The smallest absolute Gasteiger partial charge is 0.303 e. The average Bonchev–Trinajstić information content (AvgIpc) is 2.80. The maximum Gasteiger partial charge on any atom is 0.303 e. The van der Waals surface area contributed by atoms with E-state index in [1.54, 1.807) is 26.1 Å². The molecule has 11 heteroatoms. The van der Waals surface area contributed by atoms with Gasteiger partial charge in [-0.3, -0.25) is 23.6 Å². The summed E-state index contributed by atoms with van der Waals surface area (Å²) >= 11 is 0. The molecule has 10 nitrogen and oxygen atoms in total. The molecule has 0 saturated carbocycles. The minimum Gasteiger partial charge on any atom is -0.481 e. The van der Waals surface area contributed by atoms with Crippen molar-refractivity contribution in [3.63, 3.8) is 0 Å². The molecule has 0 fully saturated rings. The number of carbonyl (C=O) groups is 2. The predicted molar refractivity (Wildman–Crippen MR) is 102 cm³/mol. The van der Waals surface area contributed by atoms with Crippen LogP contribution in [-0.2, 0) is 22.0 Å². The molecule has 1 heterocycles. The van der Waals surface area contributed by atoms with Crippen LogP contribution in [0.25, 0.3) is 5.69 Å². The maximum absolute atomic E-state index is 12.9. The molecule has 2 rings (SSSR count). The molecule has 28 heavy (non-hydrogen) atoms. The number of benzene rings is 1. The molecule has 2 aromatic rings. The number of ketones is 1. The van der Waals surface area contributed by atoms with Gasteiger partial charge in [-0.2, -0.15) is 8.42 Å². The van der Waals surface area contributed by atoms with Gasteiger partial charge < -0.3 is 10.0 Å². The molecule has 1 aromatic heterocycles. The molecule has 0 aliphatic heterocycles. The molecule has 1 aromatic carbocycles. The summed E-state index contributed by atoms with van der Waals surface area (Å²) in [5, 5.41) is 8.71. The Kier molecular flexibility index (Phi) is 6.10. The highest BCUT2D eigenvalue weighted by molar-refractivity contribution is 7.85. The Balaban J connectivity index is 2.48. The van der Waals surface area contributed by atoms with Gasteiger partial charge in [-0.25, -0.2) is 4.68 Å². The first-order valence-corrected chi connectivity index (χ1v) is 9.83. The van der Waals surface area contributed by atoms with Crippen LogP contribution < -0.4 is 10.5 Å². The van der Waals surface area contributed by atoms with E-state index in [9.17, 15) is 22.8 Å². The Morgan fingerprint density at radius 3 is 2.43 bits per heavy atom. The van der Waals surface area contributed by atoms with E-state index in [1.807, 2.05) is 0 Å². The third-order valence-corrected chi connectivity index (χ3v) is 4.95. The van der Waals surface area contributed by atoms with Gasteiger partial charge in [0.15, 0.2) is 5.78 Å². The average molecular weight is 411 g/mol. The predicted octanol–water partition coefficient (Wildman–Crippen LogP) is 0.813. The van der Waals surface area contributed by atoms with Crippen LogP contribution in [0.15, 0.2) is 29.1 Å². The van der Waals surface area contributed by atoms with Gasteiger partial charge in [0.2, 0.25) is 0 Å². The van der Waals surface area contributed by atoms with E-state index in [4.69, 9.17) is 9.66 Å². The molecule has 152 valence electrons. The van der Waals surface area contributed by atoms with Crippen LogP contribution in [0, 0.1) is 6.92 Å². The number of carboxylic acid groups (broad SMARTS) is 1. The minimum absolute atomic E-state index is 0.0859. The molecule has 0 atom stereocenters. The number of hydrogen-bond donors (Lipinski definition) is 2. The first-order chi connectivity index (χ1) is 12.9. The van der Waals surface area contributed by atoms with Gasteiger partial charge in [-0.1, -0.05) is 12.1 Å². The summed E-state index contributed by atoms with van der Waals surface area (Å²) in [6.07, 6.45) is -0.459. The maximum atomic E-state index is 12.9. The standard InChI is InChI=1S/C17H21N3O7S/c1-11-16(18(2)10-28(25,26)27)17(24)20(19(11)3)13-6-4-5-12(9-13)14(21)7-8-15(22)23/h4-6,9H,7-8,10H2,1-3H3,(H,22,23)(H,25,26,27). The Hall–Kier alpha value is -2.92. The molecule has 0 unspecified atom stereocenters. The number of carboxylic acids is 1. The van der Waals surface area contributed by atoms with E-state index in [-0.39, 0.29) is 29.9 Å². The zero-order valence-electron chi connectivity index (χ0n) is 15.6. The first-order valence-electron chi connectivity index (χ1n) is 8.22. The number of rotatable bonds is 8. The van der Waals surface area contributed by atoms with E-state index in [2.05, 4.69) is 0 Å². The van der Waals surface area contributed by atoms with Crippen LogP contribution in [0.5, 0.6) is 0 Å². The van der Waals surface area contributed by atoms with Crippen molar-refractivity contribution in [3.8, 4) is 5.69 Å². The van der Waals surface area contributed by atoms with Crippen molar-refractivity contribution in [2.24, 2.45) is 7.05 Å². The highest BCUT2D eigenvalue weighted by atomic mass is 32.2. The molecule has 0 aliphatic carbocycles. The van der Waals surface area contributed by atoms with Gasteiger partial charge in [0.25, 0.3) is 15.7 Å². The second-order valence-electron chi connectivity index (χ2n) is 6.35. The number of Topliss-reactive ketones (excluding diaryl/α,β-unsaturated/α-hetero) is 1. The zero-order chi connectivity index (χ0) is 21.2. The normalized spacial score (nSPS) is 11.4. The highest BCUT2D eigenvalue weighted by Gasteiger charge is 2.22. The third-order valence-electron chi connectivity index (χ3n) is 4.24. The van der Waals surface area contributed by atoms with E-state index >= 15 is 0 Å². The fraction of sp³-hybridized carbons (Fsp3) is 0.353. The SMILES string of the molecule is Cc1c(N(C)CS(=O)(=O)O)c(=O)n(-c2cccc(C(=O)CCC(=O)O)c2)n1C. The monoisotopic (exact) mass is 411 g/mol. The van der Waals surface area contributed by atoms with Gasteiger partial charge >= 0.3 is 5.97 Å². The third kappa shape index (κ3) is 4.67. The van der Waals surface area contributed by atoms with Crippen LogP contribution in [0.3, 0.4) is 0 Å². The Morgan fingerprint density at radius 2 is 1.86 bits per heavy atom. The summed E-state index contributed by atoms with van der Waals surface area (Å²) in [5.74, 6) is -2.20. The van der Waals surface area contributed by atoms with Crippen molar-refractivity contribution in [2.75, 3.05) is 17.8 Å². The fourth-order valence-corrected chi connectivity index (χ4v) is 3.53. The van der Waals surface area contributed by atoms with Crippen LogP contribution >= 0.6 is 0 Å². The van der Waals surface area contributed by atoms with E-state index in [0.29, 0.717) is 11.4 Å². The van der Waals surface area contributed by atoms with Crippen molar-refractivity contribution in [2.45, 2.75) is 19.8 Å². The van der Waals surface area contributed by atoms with Crippen molar-refractivity contribution in [1.82, 2.24) is 9.36 Å². The second-order valence-corrected chi connectivity index (χ2v) is 7.77. The number of aliphatic carboxylic acids is 1. The van der Waals surface area contributed by atoms with Crippen LogP contribution in [-0.4, -0.2) is 52.1 Å². The lowest BCUT2D eigenvalue weighted by molar-refractivity contribution is -0.136. The van der Waals surface area contributed by atoms with E-state index in [0.717, 1.165) is 4.90 Å². The number of anilines is 1. The Morgan fingerprint density at radius 1 is 1.21 bits per heavy atom. The number of carbonyl (C=O) groups excluding carboxylic acids is 1. The topological polar surface area (TPSA) is 139 Å². The lowest BCUT2D eigenvalue weighted by Gasteiger charge is -2.15. The van der Waals surface area contributed by atoms with Crippen LogP contribution in [0.2, 0.25) is 0 Å². The van der Waals surface area contributed by atoms with Gasteiger partial charge in [-0.15, -0.1) is 0 Å². The minimum atomic E-state index is -4.33. The number of aromatic nitrogens is 2. The lowest BCUT2D eigenvalue weighted by Crippen LogP contribution is -2.30. The van der Waals surface area contributed by atoms with Crippen LogP contribution in [0.4, 0.5) is 5.69 Å². The van der Waals surface area contributed by atoms with Crippen LogP contribution in [0.1, 0.15) is 28.9 Å². The molecule has 0 saturated heterocycles. The summed E-state index contributed by atoms with van der Waals surface area (Å²) in [6.45, 7) is 1.62. The highest BCUT2D eigenvalue weighted by Crippen LogP contribution is 2.19. The van der Waals surface area contributed by atoms with Gasteiger partial charge in [0.1, 0.15) is 11.6 Å². The molecule has 0 bridgehead atoms. The number of nitrogens with zero attached hydrogens (tertiary/aromatic N) is 3. The van der Waals surface area contributed by atoms with Gasteiger partial charge in [-0.05, 0) is 19.1 Å². The summed E-state index contributed by atoms with van der Waals surface area (Å²) in [4.78, 5) is 36.9. The van der Waals surface area contributed by atoms with E-state index in [1.165, 1.54) is 28.5 Å². The zero-order valence-corrected chi connectivity index (χ0v) is 16.4. The van der Waals surface area contributed by atoms with Crippen molar-refractivity contribution in [1.29, 1.82) is 0 Å². The second kappa shape index (κ2) is 7.98. The summed E-state index contributed by atoms with van der Waals surface area (Å²) in [5.41, 5.74) is 0.642. The van der Waals surface area contributed by atoms with E-state index < -0.39 is 27.5 Å². The van der Waals surface area contributed by atoms with Crippen molar-refractivity contribution < 1.29 is 27.7 Å². The van der Waals surface area contributed by atoms with Gasteiger partial charge in [0, 0.05) is 26.1 Å². The molecular formula is C17H21N3O7S. The fourth-order valence-electron chi connectivity index (χ4n) is 2.91. The Labute approximate surface area is 161 Å². The summed E-state index contributed by atoms with van der Waals surface area (Å²) in [7, 11) is -1.36. The van der Waals surface area contributed by atoms with Gasteiger partial charge in [0.05, 0.1) is 17.8 Å². The molecule has 0 aliphatic rings. The summed E-state index contributed by atoms with van der Waals surface area (Å²) in [6, 6.07) is 6.17. The first kappa shape index (κ1) is 21.4. The molecule has 0 radical (unpaired) electrons. The van der Waals surface area contributed by atoms with Crippen molar-refractivity contribution >= 4 is 27.6 Å². The molecule has 0 spiro atoms. The molecule has 2 N–H and O–H groups in total. The Bertz CT molecular complexity index is 1080. The van der Waals surface area contributed by atoms with Crippen molar-refractivity contribution in [3.05, 3.63) is 45.9 Å². The number of hydrogen-bond acceptors (Lipinski definition) is 6. The largest absolute Gasteiger partial charge is 0.481 e.